The average Bonchev–Trinajstić information content (AvgIpc) is 2.92. The summed E-state index contributed by atoms with van der Waals surface area (Å²) in [7, 11) is 1.91. The van der Waals surface area contributed by atoms with Crippen molar-refractivity contribution in [2.75, 3.05) is 12.4 Å². The number of benzene rings is 2. The fourth-order valence-electron chi connectivity index (χ4n) is 5.46. The summed E-state index contributed by atoms with van der Waals surface area (Å²) in [5, 5.41) is 3.09. The predicted octanol–water partition coefficient (Wildman–Crippen LogP) is 6.61. The van der Waals surface area contributed by atoms with E-state index in [-0.39, 0.29) is 23.8 Å². The summed E-state index contributed by atoms with van der Waals surface area (Å²) in [5.41, 5.74) is 11.5. The monoisotopic (exact) mass is 526 g/mol. The van der Waals surface area contributed by atoms with Gasteiger partial charge in [-0.15, -0.1) is 0 Å². The van der Waals surface area contributed by atoms with Gasteiger partial charge in [-0.2, -0.15) is 0 Å². The first-order valence-electron chi connectivity index (χ1n) is 14.0. The van der Waals surface area contributed by atoms with Crippen LogP contribution in [0.2, 0.25) is 0 Å². The van der Waals surface area contributed by atoms with Crippen LogP contribution in [0.5, 0.6) is 0 Å². The molecule has 0 saturated heterocycles. The Kier molecular flexibility index (Phi) is 8.86. The number of hydrogen-bond donors (Lipinski definition) is 2. The van der Waals surface area contributed by atoms with E-state index in [1.165, 1.54) is 0 Å². The molecule has 2 amide bonds. The molecular weight excluding hydrogens is 484 g/mol. The summed E-state index contributed by atoms with van der Waals surface area (Å²) < 4.78 is 0. The molecule has 1 aromatic heterocycles. The molecule has 2 aromatic carbocycles. The zero-order chi connectivity index (χ0) is 28.2. The lowest BCUT2D eigenvalue weighted by atomic mass is 9.83. The molecule has 0 radical (unpaired) electrons. The number of nitrogens with two attached hydrogens (primary N) is 1. The van der Waals surface area contributed by atoms with Gasteiger partial charge in [0.2, 0.25) is 11.8 Å². The van der Waals surface area contributed by atoms with Crippen LogP contribution in [0.1, 0.15) is 65.4 Å². The first kappa shape index (κ1) is 28.5. The van der Waals surface area contributed by atoms with Gasteiger partial charge >= 0.3 is 0 Å². The smallest absolute Gasteiger partial charge is 0.225 e. The van der Waals surface area contributed by atoms with E-state index in [0.29, 0.717) is 18.0 Å². The van der Waals surface area contributed by atoms with E-state index in [1.807, 2.05) is 76.0 Å². The number of pyridine rings is 1. The maximum absolute atomic E-state index is 13.0. The highest BCUT2D eigenvalue weighted by molar-refractivity contribution is 5.93. The zero-order valence-corrected chi connectivity index (χ0v) is 23.9. The van der Waals surface area contributed by atoms with E-state index in [1.54, 1.807) is 6.20 Å². The molecule has 0 aliphatic heterocycles. The van der Waals surface area contributed by atoms with Gasteiger partial charge < -0.3 is 16.0 Å². The van der Waals surface area contributed by atoms with Crippen LogP contribution in [0.15, 0.2) is 66.9 Å². The van der Waals surface area contributed by atoms with Gasteiger partial charge in [-0.05, 0) is 62.6 Å². The van der Waals surface area contributed by atoms with Gasteiger partial charge in [0.15, 0.2) is 0 Å². The van der Waals surface area contributed by atoms with Gasteiger partial charge in [0.25, 0.3) is 0 Å². The third-order valence-corrected chi connectivity index (χ3v) is 7.84. The largest absolute Gasteiger partial charge is 0.343 e. The van der Waals surface area contributed by atoms with Crippen molar-refractivity contribution in [3.8, 4) is 22.4 Å². The quantitative estimate of drug-likeness (QED) is 0.346. The molecule has 6 nitrogen and oxygen atoms in total. The minimum Gasteiger partial charge on any atom is -0.343 e. The Morgan fingerprint density at radius 3 is 2.23 bits per heavy atom. The molecule has 206 valence electrons. The van der Waals surface area contributed by atoms with Gasteiger partial charge in [0.05, 0.1) is 17.6 Å². The summed E-state index contributed by atoms with van der Waals surface area (Å²) in [5.74, 6) is 0.542. The second-order valence-corrected chi connectivity index (χ2v) is 11.8. The Morgan fingerprint density at radius 2 is 1.64 bits per heavy atom. The molecule has 1 heterocycles. The molecular formula is C33H42N4O2. The van der Waals surface area contributed by atoms with E-state index in [9.17, 15) is 9.59 Å². The number of carbonyl (C=O) groups is 2. The minimum atomic E-state index is -0.414. The second kappa shape index (κ2) is 12.1. The lowest BCUT2D eigenvalue weighted by Crippen LogP contribution is -2.41. The van der Waals surface area contributed by atoms with Crippen molar-refractivity contribution in [3.63, 3.8) is 0 Å². The topological polar surface area (TPSA) is 88.3 Å². The molecule has 3 aromatic rings. The number of hydrogen-bond acceptors (Lipinski definition) is 4. The number of carbonyl (C=O) groups excluding carboxylic acids is 2. The fraction of sp³-hybridized carbons (Fsp3) is 0.424. The molecule has 4 rings (SSSR count). The molecule has 0 unspecified atom stereocenters. The van der Waals surface area contributed by atoms with Crippen molar-refractivity contribution < 1.29 is 9.59 Å². The van der Waals surface area contributed by atoms with Gasteiger partial charge in [-0.25, -0.2) is 0 Å². The van der Waals surface area contributed by atoms with Gasteiger partial charge in [-0.1, -0.05) is 68.4 Å². The van der Waals surface area contributed by atoms with Crippen molar-refractivity contribution in [1.82, 2.24) is 9.88 Å². The minimum absolute atomic E-state index is 0.00755. The molecule has 0 bridgehead atoms. The molecule has 1 aliphatic carbocycles. The highest BCUT2D eigenvalue weighted by atomic mass is 16.2. The van der Waals surface area contributed by atoms with Gasteiger partial charge in [0.1, 0.15) is 0 Å². The van der Waals surface area contributed by atoms with Crippen molar-refractivity contribution in [1.29, 1.82) is 0 Å². The number of nitrogens with zero attached hydrogens (tertiary/aromatic N) is 2. The van der Waals surface area contributed by atoms with Crippen molar-refractivity contribution in [2.24, 2.45) is 17.6 Å². The molecule has 1 fully saturated rings. The number of anilines is 1. The van der Waals surface area contributed by atoms with Gasteiger partial charge in [0, 0.05) is 42.1 Å². The fourth-order valence-corrected chi connectivity index (χ4v) is 5.46. The summed E-state index contributed by atoms with van der Waals surface area (Å²) in [4.78, 5) is 32.1. The van der Waals surface area contributed by atoms with Crippen molar-refractivity contribution in [3.05, 3.63) is 72.4 Å². The molecule has 0 atom stereocenters. The third-order valence-electron chi connectivity index (χ3n) is 7.84. The number of amides is 2. The highest BCUT2D eigenvalue weighted by Crippen LogP contribution is 2.34. The predicted molar refractivity (Wildman–Crippen MR) is 159 cm³/mol. The van der Waals surface area contributed by atoms with E-state index in [2.05, 4.69) is 29.6 Å². The lowest BCUT2D eigenvalue weighted by Gasteiger charge is -2.35. The van der Waals surface area contributed by atoms with E-state index >= 15 is 0 Å². The number of aromatic nitrogens is 1. The zero-order valence-electron chi connectivity index (χ0n) is 23.9. The van der Waals surface area contributed by atoms with Crippen LogP contribution in [0, 0.1) is 11.8 Å². The Bertz CT molecular complexity index is 1270. The Hall–Kier alpha value is -3.51. The van der Waals surface area contributed by atoms with Crippen molar-refractivity contribution in [2.45, 2.75) is 71.4 Å². The van der Waals surface area contributed by atoms with Crippen LogP contribution in [0.25, 0.3) is 22.4 Å². The van der Waals surface area contributed by atoms with Crippen LogP contribution in [-0.4, -0.2) is 34.8 Å². The Labute approximate surface area is 233 Å². The Balaban J connectivity index is 1.46. The number of rotatable bonds is 8. The SMILES string of the molecule is CC(C)C(=O)N(C)[C@H]1CC[C@H](CC(=O)Nc2cnc(-c3ccc(C(C)(C)N)cc3)c(-c3ccccc3)c2)CC1. The first-order valence-corrected chi connectivity index (χ1v) is 14.0. The second-order valence-electron chi connectivity index (χ2n) is 11.8. The first-order chi connectivity index (χ1) is 18.5. The van der Waals surface area contributed by atoms with Crippen LogP contribution in [0.3, 0.4) is 0 Å². The summed E-state index contributed by atoms with van der Waals surface area (Å²) >= 11 is 0. The standard InChI is InChI=1S/C33H42N4O2/c1-22(2)32(39)37(5)28-17-11-23(12-18-28)19-30(38)36-27-20-29(24-9-7-6-8-10-24)31(35-21-27)25-13-15-26(16-14-25)33(3,4)34/h6-10,13-16,20-23,28H,11-12,17-19,34H2,1-5H3,(H,36,38)/t23-,28-. The van der Waals surface area contributed by atoms with Crippen molar-refractivity contribution >= 4 is 17.5 Å². The van der Waals surface area contributed by atoms with E-state index in [4.69, 9.17) is 10.7 Å². The Morgan fingerprint density at radius 1 is 1.00 bits per heavy atom. The van der Waals surface area contributed by atoms with E-state index in [0.717, 1.165) is 53.6 Å². The average molecular weight is 527 g/mol. The summed E-state index contributed by atoms with van der Waals surface area (Å²) in [6.07, 6.45) is 6.02. The molecule has 3 N–H and O–H groups in total. The molecule has 1 saturated carbocycles. The highest BCUT2D eigenvalue weighted by Gasteiger charge is 2.28. The third kappa shape index (κ3) is 7.12. The van der Waals surface area contributed by atoms with Crippen LogP contribution >= 0.6 is 0 Å². The van der Waals surface area contributed by atoms with Crippen LogP contribution in [0.4, 0.5) is 5.69 Å². The maximum Gasteiger partial charge on any atom is 0.225 e. The molecule has 0 spiro atoms. The molecule has 39 heavy (non-hydrogen) atoms. The van der Waals surface area contributed by atoms with Crippen LogP contribution < -0.4 is 11.1 Å². The number of nitrogens with one attached hydrogen (secondary N) is 1. The maximum atomic E-state index is 13.0. The van der Waals surface area contributed by atoms with Crippen LogP contribution in [-0.2, 0) is 15.1 Å². The molecule has 6 heteroatoms. The van der Waals surface area contributed by atoms with E-state index < -0.39 is 5.54 Å². The summed E-state index contributed by atoms with van der Waals surface area (Å²) in [6.45, 7) is 7.87. The lowest BCUT2D eigenvalue weighted by molar-refractivity contribution is -0.136. The van der Waals surface area contributed by atoms with Gasteiger partial charge in [-0.3, -0.25) is 14.6 Å². The molecule has 1 aliphatic rings. The normalized spacial score (nSPS) is 17.6. The summed E-state index contributed by atoms with van der Waals surface area (Å²) in [6, 6.07) is 20.6.